The summed E-state index contributed by atoms with van der Waals surface area (Å²) in [7, 11) is -3.48. The molecule has 3 rings (SSSR count). The number of nitrogens with one attached hydrogen (secondary N) is 2. The van der Waals surface area contributed by atoms with Gasteiger partial charge in [-0.2, -0.15) is 0 Å². The second-order valence-corrected chi connectivity index (χ2v) is 10.0. The Morgan fingerprint density at radius 3 is 2.31 bits per heavy atom. The van der Waals surface area contributed by atoms with E-state index in [1.165, 1.54) is 18.6 Å². The average molecular weight is 379 g/mol. The first-order chi connectivity index (χ1) is 12.3. The quantitative estimate of drug-likeness (QED) is 0.797. The van der Waals surface area contributed by atoms with Crippen molar-refractivity contribution in [3.05, 3.63) is 29.8 Å². The topological polar surface area (TPSA) is 75.3 Å². The number of rotatable bonds is 6. The Kier molecular flexibility index (Phi) is 5.72. The molecule has 0 bridgehead atoms. The van der Waals surface area contributed by atoms with Crippen LogP contribution in [-0.4, -0.2) is 26.4 Å². The normalized spacial score (nSPS) is 26.7. The third-order valence-corrected chi connectivity index (χ3v) is 7.20. The summed E-state index contributed by atoms with van der Waals surface area (Å²) >= 11 is 0. The van der Waals surface area contributed by atoms with Crippen LogP contribution in [0, 0.1) is 17.8 Å². The van der Waals surface area contributed by atoms with Crippen LogP contribution in [0.5, 0.6) is 0 Å². The molecule has 5 nitrogen and oxygen atoms in total. The number of benzene rings is 1. The minimum Gasteiger partial charge on any atom is -0.349 e. The van der Waals surface area contributed by atoms with Crippen LogP contribution in [0.3, 0.4) is 0 Å². The molecule has 2 N–H and O–H groups in total. The first kappa shape index (κ1) is 19.4. The maximum Gasteiger partial charge on any atom is 0.251 e. The molecule has 1 amide bonds. The molecule has 6 heteroatoms. The highest BCUT2D eigenvalue weighted by Crippen LogP contribution is 2.33. The average Bonchev–Trinajstić information content (AvgIpc) is 3.38. The van der Waals surface area contributed by atoms with Gasteiger partial charge in [0.05, 0.1) is 4.90 Å². The number of carbonyl (C=O) groups is 1. The van der Waals surface area contributed by atoms with Crippen LogP contribution in [0.2, 0.25) is 0 Å². The number of sulfonamides is 1. The molecule has 0 saturated heterocycles. The molecule has 3 unspecified atom stereocenters. The van der Waals surface area contributed by atoms with Gasteiger partial charge in [0.2, 0.25) is 10.0 Å². The van der Waals surface area contributed by atoms with Gasteiger partial charge in [-0.1, -0.05) is 27.2 Å². The van der Waals surface area contributed by atoms with Gasteiger partial charge in [0.25, 0.3) is 5.91 Å². The lowest BCUT2D eigenvalue weighted by atomic mass is 9.74. The molecule has 1 aromatic carbocycles. The van der Waals surface area contributed by atoms with Crippen LogP contribution in [0.15, 0.2) is 29.2 Å². The standard InChI is InChI=1S/C20H30N2O3S/c1-13(2)18-11-4-14(3)12-19(18)21-20(23)15-5-9-17(10-6-15)26(24,25)22-16-7-8-16/h5-6,9-10,13-14,16,18-19,22H,4,7-8,11-12H2,1-3H3,(H,21,23). The smallest absolute Gasteiger partial charge is 0.251 e. The van der Waals surface area contributed by atoms with E-state index in [4.69, 9.17) is 0 Å². The van der Waals surface area contributed by atoms with Crippen molar-refractivity contribution in [2.24, 2.45) is 17.8 Å². The van der Waals surface area contributed by atoms with E-state index < -0.39 is 10.0 Å². The van der Waals surface area contributed by atoms with Gasteiger partial charge in [0, 0.05) is 17.6 Å². The zero-order chi connectivity index (χ0) is 18.9. The Bertz CT molecular complexity index is 739. The van der Waals surface area contributed by atoms with Crippen LogP contribution < -0.4 is 10.0 Å². The Morgan fingerprint density at radius 1 is 1.08 bits per heavy atom. The largest absolute Gasteiger partial charge is 0.349 e. The van der Waals surface area contributed by atoms with E-state index in [1.807, 2.05) is 0 Å². The Balaban J connectivity index is 1.67. The predicted octanol–water partition coefficient (Wildman–Crippen LogP) is 3.32. The van der Waals surface area contributed by atoms with Crippen LogP contribution >= 0.6 is 0 Å². The summed E-state index contributed by atoms with van der Waals surface area (Å²) in [5.74, 6) is 1.54. The van der Waals surface area contributed by atoms with Gasteiger partial charge in [-0.05, 0) is 67.7 Å². The number of carbonyl (C=O) groups excluding carboxylic acids is 1. The van der Waals surface area contributed by atoms with Gasteiger partial charge in [-0.15, -0.1) is 0 Å². The van der Waals surface area contributed by atoms with E-state index in [1.54, 1.807) is 12.1 Å². The molecule has 0 heterocycles. The summed E-state index contributed by atoms with van der Waals surface area (Å²) in [4.78, 5) is 12.9. The summed E-state index contributed by atoms with van der Waals surface area (Å²) in [6.45, 7) is 6.67. The van der Waals surface area contributed by atoms with Gasteiger partial charge >= 0.3 is 0 Å². The second-order valence-electron chi connectivity index (χ2n) is 8.33. The summed E-state index contributed by atoms with van der Waals surface area (Å²) in [6, 6.07) is 6.50. The molecule has 3 atom stereocenters. The zero-order valence-electron chi connectivity index (χ0n) is 15.9. The van der Waals surface area contributed by atoms with Crippen LogP contribution in [0.1, 0.15) is 63.2 Å². The SMILES string of the molecule is CC1CCC(C(C)C)C(NC(=O)c2ccc(S(=O)(=O)NC3CC3)cc2)C1. The van der Waals surface area contributed by atoms with E-state index in [2.05, 4.69) is 30.8 Å². The van der Waals surface area contributed by atoms with Gasteiger partial charge in [-0.25, -0.2) is 13.1 Å². The van der Waals surface area contributed by atoms with Gasteiger partial charge in [0.1, 0.15) is 0 Å². The highest BCUT2D eigenvalue weighted by atomic mass is 32.2. The maximum atomic E-state index is 12.7. The monoisotopic (exact) mass is 378 g/mol. The van der Waals surface area contributed by atoms with Crippen LogP contribution in [0.25, 0.3) is 0 Å². The van der Waals surface area contributed by atoms with E-state index in [9.17, 15) is 13.2 Å². The van der Waals surface area contributed by atoms with Crippen molar-refractivity contribution in [2.75, 3.05) is 0 Å². The van der Waals surface area contributed by atoms with Crippen molar-refractivity contribution in [1.29, 1.82) is 0 Å². The third-order valence-electron chi connectivity index (χ3n) is 5.66. The highest BCUT2D eigenvalue weighted by Gasteiger charge is 2.32. The lowest BCUT2D eigenvalue weighted by Gasteiger charge is -2.37. The lowest BCUT2D eigenvalue weighted by Crippen LogP contribution is -2.45. The molecular formula is C20H30N2O3S. The zero-order valence-corrected chi connectivity index (χ0v) is 16.7. The molecular weight excluding hydrogens is 348 g/mol. The van der Waals surface area contributed by atoms with Crippen molar-refractivity contribution in [1.82, 2.24) is 10.0 Å². The Hall–Kier alpha value is -1.40. The summed E-state index contributed by atoms with van der Waals surface area (Å²) in [6.07, 6.45) is 5.17. The van der Waals surface area contributed by atoms with E-state index in [-0.39, 0.29) is 22.9 Å². The Morgan fingerprint density at radius 2 is 1.73 bits per heavy atom. The van der Waals surface area contributed by atoms with E-state index >= 15 is 0 Å². The molecule has 144 valence electrons. The Labute approximate surface area is 157 Å². The van der Waals surface area contributed by atoms with Crippen LogP contribution in [-0.2, 0) is 10.0 Å². The minimum absolute atomic E-state index is 0.0734. The number of amides is 1. The lowest BCUT2D eigenvalue weighted by molar-refractivity contribution is 0.0867. The molecule has 1 aromatic rings. The van der Waals surface area contributed by atoms with Gasteiger partial charge in [0.15, 0.2) is 0 Å². The number of hydrogen-bond acceptors (Lipinski definition) is 3. The third kappa shape index (κ3) is 4.65. The van der Waals surface area contributed by atoms with Crippen molar-refractivity contribution >= 4 is 15.9 Å². The molecule has 0 aliphatic heterocycles. The molecule has 0 aromatic heterocycles. The molecule has 0 spiro atoms. The molecule has 2 aliphatic carbocycles. The minimum atomic E-state index is -3.48. The van der Waals surface area contributed by atoms with E-state index in [0.717, 1.165) is 25.7 Å². The van der Waals surface area contributed by atoms with Gasteiger partial charge < -0.3 is 5.32 Å². The predicted molar refractivity (Wildman–Crippen MR) is 102 cm³/mol. The highest BCUT2D eigenvalue weighted by molar-refractivity contribution is 7.89. The first-order valence-corrected chi connectivity index (χ1v) is 11.2. The van der Waals surface area contributed by atoms with Gasteiger partial charge in [-0.3, -0.25) is 4.79 Å². The molecule has 2 saturated carbocycles. The summed E-state index contributed by atoms with van der Waals surface area (Å²) in [5.41, 5.74) is 0.510. The van der Waals surface area contributed by atoms with Crippen molar-refractivity contribution in [3.63, 3.8) is 0 Å². The fourth-order valence-corrected chi connectivity index (χ4v) is 5.20. The maximum absolute atomic E-state index is 12.7. The summed E-state index contributed by atoms with van der Waals surface area (Å²) < 4.78 is 27.1. The molecule has 0 radical (unpaired) electrons. The van der Waals surface area contributed by atoms with Crippen molar-refractivity contribution < 1.29 is 13.2 Å². The fraction of sp³-hybridized carbons (Fsp3) is 0.650. The fourth-order valence-electron chi connectivity index (χ4n) is 3.89. The van der Waals surface area contributed by atoms with Crippen LogP contribution in [0.4, 0.5) is 0 Å². The molecule has 2 fully saturated rings. The van der Waals surface area contributed by atoms with Crippen molar-refractivity contribution in [3.8, 4) is 0 Å². The van der Waals surface area contributed by atoms with Crippen molar-refractivity contribution in [2.45, 2.75) is 69.9 Å². The summed E-state index contributed by atoms with van der Waals surface area (Å²) in [5, 5.41) is 3.19. The number of hydrogen-bond donors (Lipinski definition) is 2. The van der Waals surface area contributed by atoms with E-state index in [0.29, 0.717) is 23.3 Å². The second kappa shape index (κ2) is 7.69. The first-order valence-electron chi connectivity index (χ1n) is 9.69. The molecule has 2 aliphatic rings. The molecule has 26 heavy (non-hydrogen) atoms.